The number of nitrogens with zero attached hydrogens (tertiary/aromatic N) is 3. The molecule has 0 aliphatic rings. The van der Waals surface area contributed by atoms with Crippen LogP contribution in [0, 0.1) is 13.8 Å². The molecular formula is C22H17BrClN3OS. The first-order chi connectivity index (χ1) is 13.9. The first-order valence-corrected chi connectivity index (χ1v) is 11.0. The standard InChI is InChI=1S/C22H17BrClN3OS/c1-13-5-8-19-20(14(13)2)26-22(29-19)27(12-15-4-3-9-25-11-15)21(28)17-10-16(23)6-7-18(17)24/h3-11H,12H2,1-2H3. The summed E-state index contributed by atoms with van der Waals surface area (Å²) in [4.78, 5) is 24.2. The molecule has 4 nitrogen and oxygen atoms in total. The predicted octanol–water partition coefficient (Wildman–Crippen LogP) is 6.57. The SMILES string of the molecule is Cc1ccc2sc(N(Cc3cccnc3)C(=O)c3cc(Br)ccc3Cl)nc2c1C. The molecule has 2 aromatic heterocycles. The van der Waals surface area contributed by atoms with E-state index in [1.165, 1.54) is 16.9 Å². The molecule has 0 atom stereocenters. The number of thiazole rings is 1. The zero-order valence-corrected chi connectivity index (χ0v) is 19.0. The number of benzene rings is 2. The maximum atomic E-state index is 13.5. The van der Waals surface area contributed by atoms with Crippen molar-refractivity contribution >= 4 is 60.1 Å². The molecule has 2 aromatic carbocycles. The minimum absolute atomic E-state index is 0.200. The monoisotopic (exact) mass is 485 g/mol. The first kappa shape index (κ1) is 20.0. The van der Waals surface area contributed by atoms with Crippen LogP contribution in [0.25, 0.3) is 10.2 Å². The Morgan fingerprint density at radius 3 is 2.79 bits per heavy atom. The van der Waals surface area contributed by atoms with E-state index < -0.39 is 0 Å². The van der Waals surface area contributed by atoms with Crippen LogP contribution in [-0.4, -0.2) is 15.9 Å². The van der Waals surface area contributed by atoms with Gasteiger partial charge in [0.05, 0.1) is 27.3 Å². The Bertz CT molecular complexity index is 1210. The van der Waals surface area contributed by atoms with Crippen molar-refractivity contribution in [3.63, 3.8) is 0 Å². The Morgan fingerprint density at radius 1 is 1.21 bits per heavy atom. The van der Waals surface area contributed by atoms with E-state index in [0.717, 1.165) is 25.8 Å². The summed E-state index contributed by atoms with van der Waals surface area (Å²) in [6, 6.07) is 13.2. The van der Waals surface area contributed by atoms with E-state index >= 15 is 0 Å². The summed E-state index contributed by atoms with van der Waals surface area (Å²) in [6.07, 6.45) is 3.47. The Labute approximate surface area is 186 Å². The van der Waals surface area contributed by atoms with Gasteiger partial charge in [-0.05, 0) is 60.9 Å². The maximum Gasteiger partial charge on any atom is 0.261 e. The Hall–Kier alpha value is -2.28. The quantitative estimate of drug-likeness (QED) is 0.328. The highest BCUT2D eigenvalue weighted by molar-refractivity contribution is 9.10. The molecule has 0 radical (unpaired) electrons. The summed E-state index contributed by atoms with van der Waals surface area (Å²) < 4.78 is 1.84. The Morgan fingerprint density at radius 2 is 2.03 bits per heavy atom. The number of halogens is 2. The molecule has 2 heterocycles. The summed E-state index contributed by atoms with van der Waals surface area (Å²) in [6.45, 7) is 4.47. The largest absolute Gasteiger partial charge is 0.279 e. The van der Waals surface area contributed by atoms with E-state index in [4.69, 9.17) is 16.6 Å². The van der Waals surface area contributed by atoms with Crippen molar-refractivity contribution in [2.75, 3.05) is 4.90 Å². The van der Waals surface area contributed by atoms with Crippen molar-refractivity contribution < 1.29 is 4.79 Å². The number of hydrogen-bond donors (Lipinski definition) is 0. The average Bonchev–Trinajstić information content (AvgIpc) is 3.16. The van der Waals surface area contributed by atoms with Gasteiger partial charge in [-0.25, -0.2) is 4.98 Å². The van der Waals surface area contributed by atoms with E-state index in [-0.39, 0.29) is 5.91 Å². The number of carbonyl (C=O) groups excluding carboxylic acids is 1. The van der Waals surface area contributed by atoms with Crippen molar-refractivity contribution in [2.45, 2.75) is 20.4 Å². The lowest BCUT2D eigenvalue weighted by Gasteiger charge is -2.20. The van der Waals surface area contributed by atoms with Gasteiger partial charge in [0.1, 0.15) is 0 Å². The molecule has 0 unspecified atom stereocenters. The van der Waals surface area contributed by atoms with Crippen LogP contribution in [0.3, 0.4) is 0 Å². The third-order valence-electron chi connectivity index (χ3n) is 4.77. The van der Waals surface area contributed by atoms with Gasteiger partial charge in [-0.2, -0.15) is 0 Å². The summed E-state index contributed by atoms with van der Waals surface area (Å²) in [7, 11) is 0. The van der Waals surface area contributed by atoms with Gasteiger partial charge < -0.3 is 0 Å². The number of aryl methyl sites for hydroxylation is 2. The fourth-order valence-corrected chi connectivity index (χ4v) is 4.62. The van der Waals surface area contributed by atoms with Crippen molar-refractivity contribution in [1.29, 1.82) is 0 Å². The van der Waals surface area contributed by atoms with Crippen LogP contribution in [0.5, 0.6) is 0 Å². The van der Waals surface area contributed by atoms with Gasteiger partial charge in [0.2, 0.25) is 0 Å². The van der Waals surface area contributed by atoms with Gasteiger partial charge in [-0.15, -0.1) is 0 Å². The van der Waals surface area contributed by atoms with Crippen molar-refractivity contribution in [3.05, 3.63) is 86.6 Å². The number of pyridine rings is 1. The van der Waals surface area contributed by atoms with Crippen LogP contribution in [0.2, 0.25) is 5.02 Å². The Balaban J connectivity index is 1.83. The van der Waals surface area contributed by atoms with E-state index in [9.17, 15) is 4.79 Å². The minimum atomic E-state index is -0.200. The maximum absolute atomic E-state index is 13.5. The van der Waals surface area contributed by atoms with Crippen LogP contribution in [0.1, 0.15) is 27.0 Å². The summed E-state index contributed by atoms with van der Waals surface area (Å²) in [5.41, 5.74) is 4.57. The third kappa shape index (κ3) is 4.06. The van der Waals surface area contributed by atoms with Gasteiger partial charge >= 0.3 is 0 Å². The van der Waals surface area contributed by atoms with Crippen LogP contribution in [0.15, 0.2) is 59.3 Å². The topological polar surface area (TPSA) is 46.1 Å². The second kappa shape index (κ2) is 8.22. The summed E-state index contributed by atoms with van der Waals surface area (Å²) in [5, 5.41) is 1.04. The molecule has 4 rings (SSSR count). The van der Waals surface area contributed by atoms with Gasteiger partial charge in [-0.3, -0.25) is 14.7 Å². The average molecular weight is 487 g/mol. The molecule has 29 heavy (non-hydrogen) atoms. The lowest BCUT2D eigenvalue weighted by atomic mass is 10.1. The molecule has 7 heteroatoms. The van der Waals surface area contributed by atoms with E-state index in [1.807, 2.05) is 18.2 Å². The van der Waals surface area contributed by atoms with Crippen LogP contribution in [0.4, 0.5) is 5.13 Å². The molecule has 0 N–H and O–H groups in total. The number of fused-ring (bicyclic) bond motifs is 1. The lowest BCUT2D eigenvalue weighted by molar-refractivity contribution is 0.0985. The number of hydrogen-bond acceptors (Lipinski definition) is 4. The zero-order chi connectivity index (χ0) is 20.5. The smallest absolute Gasteiger partial charge is 0.261 e. The van der Waals surface area contributed by atoms with Gasteiger partial charge in [-0.1, -0.05) is 51.0 Å². The second-order valence-electron chi connectivity index (χ2n) is 6.73. The van der Waals surface area contributed by atoms with Gasteiger partial charge in [0.15, 0.2) is 5.13 Å². The number of anilines is 1. The van der Waals surface area contributed by atoms with Crippen molar-refractivity contribution in [3.8, 4) is 0 Å². The fourth-order valence-electron chi connectivity index (χ4n) is 3.04. The molecule has 0 bridgehead atoms. The van der Waals surface area contributed by atoms with Gasteiger partial charge in [0, 0.05) is 16.9 Å². The molecule has 0 saturated carbocycles. The molecule has 4 aromatic rings. The highest BCUT2D eigenvalue weighted by Gasteiger charge is 2.24. The first-order valence-electron chi connectivity index (χ1n) is 8.96. The fraction of sp³-hybridized carbons (Fsp3) is 0.136. The van der Waals surface area contributed by atoms with Crippen LogP contribution in [-0.2, 0) is 6.54 Å². The summed E-state index contributed by atoms with van der Waals surface area (Å²) >= 11 is 11.3. The van der Waals surface area contributed by atoms with Crippen molar-refractivity contribution in [2.24, 2.45) is 0 Å². The molecule has 0 aliphatic carbocycles. The van der Waals surface area contributed by atoms with Crippen LogP contribution < -0.4 is 4.90 Å². The van der Waals surface area contributed by atoms with Gasteiger partial charge in [0.25, 0.3) is 5.91 Å². The molecule has 0 fully saturated rings. The predicted molar refractivity (Wildman–Crippen MR) is 123 cm³/mol. The van der Waals surface area contributed by atoms with E-state index in [2.05, 4.69) is 46.9 Å². The molecule has 0 spiro atoms. The molecule has 146 valence electrons. The zero-order valence-electron chi connectivity index (χ0n) is 15.8. The third-order valence-corrected chi connectivity index (χ3v) is 6.64. The van der Waals surface area contributed by atoms with Crippen LogP contribution >= 0.6 is 38.9 Å². The summed E-state index contributed by atoms with van der Waals surface area (Å²) in [5.74, 6) is -0.200. The van der Waals surface area contributed by atoms with E-state index in [0.29, 0.717) is 22.3 Å². The van der Waals surface area contributed by atoms with Crippen molar-refractivity contribution in [1.82, 2.24) is 9.97 Å². The Kier molecular flexibility index (Phi) is 5.67. The highest BCUT2D eigenvalue weighted by Crippen LogP contribution is 2.34. The minimum Gasteiger partial charge on any atom is -0.279 e. The molecule has 0 aliphatic heterocycles. The lowest BCUT2D eigenvalue weighted by Crippen LogP contribution is -2.30. The van der Waals surface area contributed by atoms with E-state index in [1.54, 1.807) is 29.4 Å². The molecule has 1 amide bonds. The highest BCUT2D eigenvalue weighted by atomic mass is 79.9. The number of amides is 1. The second-order valence-corrected chi connectivity index (χ2v) is 9.06. The number of rotatable bonds is 4. The number of carbonyl (C=O) groups is 1. The number of aromatic nitrogens is 2. The molecule has 0 saturated heterocycles. The molecular weight excluding hydrogens is 470 g/mol. The normalized spacial score (nSPS) is 11.0.